The number of halogens is 2. The number of para-hydroxylation sites is 2. The van der Waals surface area contributed by atoms with Gasteiger partial charge in [0.2, 0.25) is 0 Å². The number of fused-ring (bicyclic) bond motifs is 1. The molecule has 1 heterocycles. The quantitative estimate of drug-likeness (QED) is 0.721. The van der Waals surface area contributed by atoms with Gasteiger partial charge in [0, 0.05) is 0 Å². The Morgan fingerprint density at radius 3 is 2.45 bits per heavy atom. The number of nitrogens with one attached hydrogen (secondary N) is 1. The topological polar surface area (TPSA) is 63.8 Å². The summed E-state index contributed by atoms with van der Waals surface area (Å²) in [5, 5.41) is 3.76. The molecule has 3 aromatic rings. The van der Waals surface area contributed by atoms with Crippen molar-refractivity contribution in [1.29, 1.82) is 0 Å². The van der Waals surface area contributed by atoms with Crippen molar-refractivity contribution in [3.05, 3.63) is 52.0 Å². The first-order valence-corrected chi connectivity index (χ1v) is 7.05. The fourth-order valence-corrected chi connectivity index (χ4v) is 2.37. The molecule has 3 N–H and O–H groups in total. The van der Waals surface area contributed by atoms with E-state index in [2.05, 4.69) is 31.2 Å². The van der Waals surface area contributed by atoms with E-state index in [-0.39, 0.29) is 0 Å². The van der Waals surface area contributed by atoms with Crippen LogP contribution in [0.1, 0.15) is 0 Å². The smallest absolute Gasteiger partial charge is 0.174 e. The summed E-state index contributed by atoms with van der Waals surface area (Å²) in [6, 6.07) is 13.1. The molecule has 0 aliphatic carbocycles. The summed E-state index contributed by atoms with van der Waals surface area (Å²) in [4.78, 5) is 8.81. The minimum absolute atomic E-state index is 0.343. The summed E-state index contributed by atoms with van der Waals surface area (Å²) in [6.45, 7) is 0. The molecule has 0 bridgehead atoms. The highest BCUT2D eigenvalue weighted by Crippen LogP contribution is 2.33. The molecule has 1 aromatic heterocycles. The Balaban J connectivity index is 2.06. The molecule has 0 saturated heterocycles. The molecule has 3 rings (SSSR count). The third-order valence-corrected chi connectivity index (χ3v) is 4.20. The second-order valence-electron chi connectivity index (χ2n) is 4.17. The van der Waals surface area contributed by atoms with Crippen LogP contribution in [-0.2, 0) is 0 Å². The van der Waals surface area contributed by atoms with Gasteiger partial charge < -0.3 is 11.1 Å². The van der Waals surface area contributed by atoms with Gasteiger partial charge in [-0.3, -0.25) is 0 Å². The highest BCUT2D eigenvalue weighted by atomic mass is 79.9. The molecular weight excluding hydrogens is 340 g/mol. The summed E-state index contributed by atoms with van der Waals surface area (Å²) >= 11 is 9.49. The van der Waals surface area contributed by atoms with Crippen molar-refractivity contribution in [2.75, 3.05) is 11.1 Å². The van der Waals surface area contributed by atoms with Gasteiger partial charge in [-0.05, 0) is 40.2 Å². The molecule has 2 aromatic carbocycles. The van der Waals surface area contributed by atoms with E-state index in [9.17, 15) is 0 Å². The predicted octanol–water partition coefficient (Wildman–Crippen LogP) is 4.37. The number of benzene rings is 2. The van der Waals surface area contributed by atoms with Crippen molar-refractivity contribution in [2.24, 2.45) is 0 Å². The number of nitrogens with zero attached hydrogens (tertiary/aromatic N) is 2. The van der Waals surface area contributed by atoms with Gasteiger partial charge in [-0.25, -0.2) is 9.97 Å². The van der Waals surface area contributed by atoms with Gasteiger partial charge in [0.1, 0.15) is 0 Å². The fraction of sp³-hybridized carbons (Fsp3) is 0. The lowest BCUT2D eigenvalue weighted by Crippen LogP contribution is -2.02. The lowest BCUT2D eigenvalue weighted by Gasteiger charge is -2.11. The molecule has 0 spiro atoms. The fourth-order valence-electron chi connectivity index (χ4n) is 1.83. The lowest BCUT2D eigenvalue weighted by molar-refractivity contribution is 1.28. The van der Waals surface area contributed by atoms with Crippen LogP contribution in [0.4, 0.5) is 17.3 Å². The number of aromatic nitrogens is 2. The summed E-state index contributed by atoms with van der Waals surface area (Å²) in [6.07, 6.45) is 0. The van der Waals surface area contributed by atoms with Gasteiger partial charge in [0.05, 0.1) is 26.2 Å². The lowest BCUT2D eigenvalue weighted by atomic mass is 10.3. The van der Waals surface area contributed by atoms with Crippen LogP contribution in [0.15, 0.2) is 46.9 Å². The first-order valence-electron chi connectivity index (χ1n) is 5.88. The van der Waals surface area contributed by atoms with Crippen LogP contribution < -0.4 is 11.1 Å². The third-order valence-electron chi connectivity index (χ3n) is 2.80. The van der Waals surface area contributed by atoms with Gasteiger partial charge in [0.15, 0.2) is 11.6 Å². The van der Waals surface area contributed by atoms with Crippen LogP contribution in [0.3, 0.4) is 0 Å². The SMILES string of the molecule is Nc1nc2ccccc2nc1Nc1cccc(Cl)c1Br. The maximum absolute atomic E-state index is 6.06. The molecule has 0 atom stereocenters. The van der Waals surface area contributed by atoms with E-state index < -0.39 is 0 Å². The third kappa shape index (κ3) is 2.42. The van der Waals surface area contributed by atoms with Gasteiger partial charge in [-0.15, -0.1) is 0 Å². The van der Waals surface area contributed by atoms with E-state index >= 15 is 0 Å². The van der Waals surface area contributed by atoms with E-state index in [1.54, 1.807) is 6.07 Å². The Morgan fingerprint density at radius 2 is 1.70 bits per heavy atom. The highest BCUT2D eigenvalue weighted by molar-refractivity contribution is 9.10. The summed E-state index contributed by atoms with van der Waals surface area (Å²) in [5.41, 5.74) is 8.27. The second kappa shape index (κ2) is 5.26. The minimum atomic E-state index is 0.343. The van der Waals surface area contributed by atoms with E-state index in [0.29, 0.717) is 16.7 Å². The Labute approximate surface area is 129 Å². The number of hydrogen-bond acceptors (Lipinski definition) is 4. The zero-order valence-electron chi connectivity index (χ0n) is 10.3. The standard InChI is InChI=1S/C14H10BrClN4/c15-12-8(16)4-3-7-11(12)20-14-13(17)18-9-5-1-2-6-10(9)19-14/h1-7H,(H2,17,18)(H,19,20). The van der Waals surface area contributed by atoms with Crippen molar-refractivity contribution in [1.82, 2.24) is 9.97 Å². The predicted molar refractivity (Wildman–Crippen MR) is 86.4 cm³/mol. The second-order valence-corrected chi connectivity index (χ2v) is 5.37. The Kier molecular flexibility index (Phi) is 3.46. The summed E-state index contributed by atoms with van der Waals surface area (Å²) < 4.78 is 0.760. The van der Waals surface area contributed by atoms with Crippen molar-refractivity contribution < 1.29 is 0 Å². The van der Waals surface area contributed by atoms with Crippen LogP contribution in [0, 0.1) is 0 Å². The van der Waals surface area contributed by atoms with E-state index in [1.165, 1.54) is 0 Å². The molecule has 0 unspecified atom stereocenters. The van der Waals surface area contributed by atoms with Gasteiger partial charge in [-0.2, -0.15) is 0 Å². The van der Waals surface area contributed by atoms with Crippen molar-refractivity contribution in [3.8, 4) is 0 Å². The van der Waals surface area contributed by atoms with Crippen LogP contribution in [0.25, 0.3) is 11.0 Å². The molecule has 20 heavy (non-hydrogen) atoms. The zero-order valence-corrected chi connectivity index (χ0v) is 12.6. The largest absolute Gasteiger partial charge is 0.381 e. The van der Waals surface area contributed by atoms with Crippen LogP contribution in [0.2, 0.25) is 5.02 Å². The normalized spacial score (nSPS) is 10.7. The number of anilines is 3. The molecule has 0 radical (unpaired) electrons. The minimum Gasteiger partial charge on any atom is -0.381 e. The number of rotatable bonds is 2. The number of nitrogen functional groups attached to an aromatic ring is 1. The average molecular weight is 350 g/mol. The summed E-state index contributed by atoms with van der Waals surface area (Å²) in [5.74, 6) is 0.849. The molecule has 0 aliphatic rings. The number of hydrogen-bond donors (Lipinski definition) is 2. The van der Waals surface area contributed by atoms with E-state index in [4.69, 9.17) is 17.3 Å². The van der Waals surface area contributed by atoms with Gasteiger partial charge in [0.25, 0.3) is 0 Å². The van der Waals surface area contributed by atoms with Crippen molar-refractivity contribution >= 4 is 55.9 Å². The van der Waals surface area contributed by atoms with Crippen LogP contribution in [-0.4, -0.2) is 9.97 Å². The Hall–Kier alpha value is -1.85. The Morgan fingerprint density at radius 1 is 1.00 bits per heavy atom. The maximum Gasteiger partial charge on any atom is 0.174 e. The summed E-state index contributed by atoms with van der Waals surface area (Å²) in [7, 11) is 0. The molecule has 0 saturated carbocycles. The van der Waals surface area contributed by atoms with Crippen LogP contribution in [0.5, 0.6) is 0 Å². The molecule has 0 aliphatic heterocycles. The highest BCUT2D eigenvalue weighted by Gasteiger charge is 2.09. The number of nitrogens with two attached hydrogens (primary N) is 1. The van der Waals surface area contributed by atoms with Crippen molar-refractivity contribution in [2.45, 2.75) is 0 Å². The van der Waals surface area contributed by atoms with E-state index in [0.717, 1.165) is 21.2 Å². The zero-order chi connectivity index (χ0) is 14.1. The van der Waals surface area contributed by atoms with E-state index in [1.807, 2.05) is 36.4 Å². The molecule has 100 valence electrons. The first-order chi connectivity index (χ1) is 9.65. The first kappa shape index (κ1) is 13.1. The monoisotopic (exact) mass is 348 g/mol. The van der Waals surface area contributed by atoms with Gasteiger partial charge >= 0.3 is 0 Å². The molecule has 6 heteroatoms. The average Bonchev–Trinajstić information content (AvgIpc) is 2.44. The van der Waals surface area contributed by atoms with Gasteiger partial charge in [-0.1, -0.05) is 29.8 Å². The Bertz CT molecular complexity index is 791. The van der Waals surface area contributed by atoms with Crippen molar-refractivity contribution in [3.63, 3.8) is 0 Å². The molecule has 0 fully saturated rings. The van der Waals surface area contributed by atoms with Crippen LogP contribution >= 0.6 is 27.5 Å². The molecule has 4 nitrogen and oxygen atoms in total. The maximum atomic E-state index is 6.06. The molecular formula is C14H10BrClN4. The molecule has 0 amide bonds.